The lowest BCUT2D eigenvalue weighted by Crippen LogP contribution is -2.50. The van der Waals surface area contributed by atoms with Gasteiger partial charge in [-0.2, -0.15) is 0 Å². The summed E-state index contributed by atoms with van der Waals surface area (Å²) < 4.78 is 5.40. The van der Waals surface area contributed by atoms with E-state index in [4.69, 9.17) is 4.74 Å². The van der Waals surface area contributed by atoms with Gasteiger partial charge in [-0.1, -0.05) is 0 Å². The number of benzene rings is 1. The first kappa shape index (κ1) is 24.3. The molecule has 32 heavy (non-hydrogen) atoms. The first-order chi connectivity index (χ1) is 15.0. The van der Waals surface area contributed by atoms with Crippen molar-refractivity contribution < 1.29 is 19.1 Å². The predicted octanol–water partition coefficient (Wildman–Crippen LogP) is 1.32. The summed E-state index contributed by atoms with van der Waals surface area (Å²) in [5.41, 5.74) is 1.02. The van der Waals surface area contributed by atoms with Crippen molar-refractivity contribution in [1.29, 1.82) is 0 Å². The molecule has 10 heteroatoms. The number of rotatable bonds is 5. The molecule has 0 bridgehead atoms. The number of methoxy groups -OCH3 is 1. The molecule has 3 fully saturated rings. The zero-order valence-corrected chi connectivity index (χ0v) is 19.3. The fourth-order valence-electron chi connectivity index (χ4n) is 4.57. The first-order valence-electron chi connectivity index (χ1n) is 11.1. The van der Waals surface area contributed by atoms with Gasteiger partial charge in [0.15, 0.2) is 0 Å². The molecule has 1 aromatic rings. The number of nitrogens with one attached hydrogen (secondary N) is 2. The number of anilines is 1. The highest BCUT2D eigenvalue weighted by Gasteiger charge is 2.29. The minimum atomic E-state index is -0.495. The van der Waals surface area contributed by atoms with Crippen LogP contribution in [0.4, 0.5) is 10.5 Å². The molecular weight excluding hydrogens is 434 g/mol. The molecule has 2 N–H and O–H groups in total. The minimum absolute atomic E-state index is 0. The van der Waals surface area contributed by atoms with E-state index in [1.807, 2.05) is 4.90 Å². The Morgan fingerprint density at radius 3 is 2.47 bits per heavy atom. The zero-order valence-electron chi connectivity index (χ0n) is 18.5. The summed E-state index contributed by atoms with van der Waals surface area (Å²) in [6, 6.07) is 4.64. The Labute approximate surface area is 194 Å². The summed E-state index contributed by atoms with van der Waals surface area (Å²) in [5.74, 6) is 0.900. The van der Waals surface area contributed by atoms with E-state index in [0.29, 0.717) is 30.1 Å². The van der Waals surface area contributed by atoms with Crippen LogP contribution in [-0.2, 0) is 4.79 Å². The van der Waals surface area contributed by atoms with Crippen LogP contribution < -0.4 is 20.3 Å². The second-order valence-electron chi connectivity index (χ2n) is 8.43. The lowest BCUT2D eigenvalue weighted by Gasteiger charge is -2.37. The average molecular weight is 466 g/mol. The van der Waals surface area contributed by atoms with Crippen molar-refractivity contribution in [2.75, 3.05) is 64.4 Å². The lowest BCUT2D eigenvalue weighted by atomic mass is 9.97. The van der Waals surface area contributed by atoms with Crippen molar-refractivity contribution in [2.24, 2.45) is 5.92 Å². The summed E-state index contributed by atoms with van der Waals surface area (Å²) >= 11 is 0. The molecule has 3 aliphatic rings. The molecule has 3 aliphatic heterocycles. The average Bonchev–Trinajstić information content (AvgIpc) is 2.79. The molecule has 0 aromatic heterocycles. The van der Waals surface area contributed by atoms with Crippen LogP contribution in [0.25, 0.3) is 0 Å². The van der Waals surface area contributed by atoms with E-state index < -0.39 is 6.03 Å². The van der Waals surface area contributed by atoms with Crippen LogP contribution in [0.1, 0.15) is 29.6 Å². The number of halogens is 1. The number of carbonyl (C=O) groups is 3. The van der Waals surface area contributed by atoms with E-state index in [-0.39, 0.29) is 37.2 Å². The SMILES string of the molecule is COc1ccc(C(=O)N2CCN(CC3CCNCC3)CC2)cc1N1CCC(=O)NC1=O.Cl. The second-order valence-corrected chi connectivity index (χ2v) is 8.43. The third-order valence-electron chi connectivity index (χ3n) is 6.41. The first-order valence-corrected chi connectivity index (χ1v) is 11.1. The summed E-state index contributed by atoms with van der Waals surface area (Å²) in [7, 11) is 1.52. The van der Waals surface area contributed by atoms with E-state index in [2.05, 4.69) is 15.5 Å². The molecule has 4 amide bonds. The standard InChI is InChI=1S/C22H31N5O4.ClH/c1-31-19-3-2-17(14-18(19)27-9-6-20(28)24-22(27)30)21(29)26-12-10-25(11-13-26)15-16-4-7-23-8-5-16;/h2-3,14,16,23H,4-13,15H2,1H3,(H,24,28,30);1H. The van der Waals surface area contributed by atoms with Gasteiger partial charge < -0.3 is 15.0 Å². The maximum atomic E-state index is 13.1. The fourth-order valence-corrected chi connectivity index (χ4v) is 4.57. The molecule has 0 unspecified atom stereocenters. The molecule has 4 rings (SSSR count). The largest absolute Gasteiger partial charge is 0.495 e. The van der Waals surface area contributed by atoms with Gasteiger partial charge in [-0.15, -0.1) is 12.4 Å². The number of carbonyl (C=O) groups excluding carboxylic acids is 3. The molecule has 0 atom stereocenters. The molecule has 176 valence electrons. The van der Waals surface area contributed by atoms with Crippen LogP contribution >= 0.6 is 12.4 Å². The molecule has 1 aromatic carbocycles. The van der Waals surface area contributed by atoms with Gasteiger partial charge in [0.1, 0.15) is 5.75 Å². The molecule has 3 saturated heterocycles. The van der Waals surface area contributed by atoms with Crippen LogP contribution in [-0.4, -0.2) is 87.1 Å². The smallest absolute Gasteiger partial charge is 0.328 e. The zero-order chi connectivity index (χ0) is 21.8. The van der Waals surface area contributed by atoms with E-state index in [9.17, 15) is 14.4 Å². The van der Waals surface area contributed by atoms with Gasteiger partial charge in [0.25, 0.3) is 5.91 Å². The molecule has 0 saturated carbocycles. The van der Waals surface area contributed by atoms with Gasteiger partial charge in [-0.25, -0.2) is 4.79 Å². The van der Waals surface area contributed by atoms with Crippen molar-refractivity contribution in [3.63, 3.8) is 0 Å². The summed E-state index contributed by atoms with van der Waals surface area (Å²) in [4.78, 5) is 42.7. The van der Waals surface area contributed by atoms with E-state index in [1.54, 1.807) is 18.2 Å². The van der Waals surface area contributed by atoms with Crippen molar-refractivity contribution in [3.05, 3.63) is 23.8 Å². The van der Waals surface area contributed by atoms with Crippen LogP contribution in [0.15, 0.2) is 18.2 Å². The summed E-state index contributed by atoms with van der Waals surface area (Å²) in [6.45, 7) is 6.74. The number of piperidine rings is 1. The number of hydrogen-bond acceptors (Lipinski definition) is 6. The number of ether oxygens (including phenoxy) is 1. The molecule has 0 aliphatic carbocycles. The highest BCUT2D eigenvalue weighted by atomic mass is 35.5. The molecule has 0 spiro atoms. The number of nitrogens with zero attached hydrogens (tertiary/aromatic N) is 3. The highest BCUT2D eigenvalue weighted by molar-refractivity contribution is 6.07. The Bertz CT molecular complexity index is 838. The third-order valence-corrected chi connectivity index (χ3v) is 6.41. The Hall–Kier alpha value is -2.36. The topological polar surface area (TPSA) is 94.2 Å². The lowest BCUT2D eigenvalue weighted by molar-refractivity contribution is -0.120. The molecule has 3 heterocycles. The summed E-state index contributed by atoms with van der Waals surface area (Å²) in [5, 5.41) is 5.73. The van der Waals surface area contributed by atoms with Crippen molar-refractivity contribution in [3.8, 4) is 5.75 Å². The minimum Gasteiger partial charge on any atom is -0.495 e. The van der Waals surface area contributed by atoms with Crippen molar-refractivity contribution >= 4 is 35.9 Å². The van der Waals surface area contributed by atoms with Gasteiger partial charge in [0.05, 0.1) is 12.8 Å². The van der Waals surface area contributed by atoms with Crippen molar-refractivity contribution in [2.45, 2.75) is 19.3 Å². The molecule has 9 nitrogen and oxygen atoms in total. The maximum absolute atomic E-state index is 13.1. The Balaban J connectivity index is 0.00000289. The monoisotopic (exact) mass is 465 g/mol. The van der Waals surface area contributed by atoms with Crippen LogP contribution in [0.2, 0.25) is 0 Å². The van der Waals surface area contributed by atoms with Crippen LogP contribution in [0.3, 0.4) is 0 Å². The quantitative estimate of drug-likeness (QED) is 0.681. The van der Waals surface area contributed by atoms with E-state index >= 15 is 0 Å². The number of piperazine rings is 1. The third kappa shape index (κ3) is 5.51. The van der Waals surface area contributed by atoms with Crippen LogP contribution in [0, 0.1) is 5.92 Å². The molecule has 0 radical (unpaired) electrons. The van der Waals surface area contributed by atoms with Gasteiger partial charge >= 0.3 is 6.03 Å². The fraction of sp³-hybridized carbons (Fsp3) is 0.591. The summed E-state index contributed by atoms with van der Waals surface area (Å²) in [6.07, 6.45) is 2.67. The maximum Gasteiger partial charge on any atom is 0.328 e. The predicted molar refractivity (Wildman–Crippen MR) is 124 cm³/mol. The second kappa shape index (κ2) is 11.0. The Morgan fingerprint density at radius 2 is 1.81 bits per heavy atom. The Morgan fingerprint density at radius 1 is 1.09 bits per heavy atom. The van der Waals surface area contributed by atoms with Gasteiger partial charge in [-0.05, 0) is 50.0 Å². The normalized spacial score (nSPS) is 20.5. The highest BCUT2D eigenvalue weighted by Crippen LogP contribution is 2.31. The van der Waals surface area contributed by atoms with Gasteiger partial charge in [0, 0.05) is 51.3 Å². The van der Waals surface area contributed by atoms with E-state index in [0.717, 1.165) is 38.6 Å². The van der Waals surface area contributed by atoms with Gasteiger partial charge in [-0.3, -0.25) is 24.7 Å². The Kier molecular flexibility index (Phi) is 8.33. The molecular formula is C22H32ClN5O4. The number of imide groups is 1. The van der Waals surface area contributed by atoms with Crippen LogP contribution in [0.5, 0.6) is 5.75 Å². The van der Waals surface area contributed by atoms with Crippen molar-refractivity contribution in [1.82, 2.24) is 20.4 Å². The number of hydrogen-bond donors (Lipinski definition) is 2. The van der Waals surface area contributed by atoms with E-state index in [1.165, 1.54) is 24.9 Å². The number of urea groups is 1. The number of amides is 4. The van der Waals surface area contributed by atoms with Gasteiger partial charge in [0.2, 0.25) is 5.91 Å².